The van der Waals surface area contributed by atoms with Crippen molar-refractivity contribution >= 4 is 5.97 Å². The van der Waals surface area contributed by atoms with E-state index in [0.29, 0.717) is 19.1 Å². The number of halogens is 1. The number of aromatic amines is 1. The number of aliphatic carboxylic acids is 1. The quantitative estimate of drug-likeness (QED) is 0.278. The molecule has 42 heavy (non-hydrogen) atoms. The van der Waals surface area contributed by atoms with E-state index in [1.54, 1.807) is 12.1 Å². The fourth-order valence-corrected chi connectivity index (χ4v) is 6.93. The minimum atomic E-state index is -0.759. The summed E-state index contributed by atoms with van der Waals surface area (Å²) < 4.78 is 19.8. The molecule has 0 unspecified atom stereocenters. The van der Waals surface area contributed by atoms with Gasteiger partial charge in [-0.05, 0) is 86.1 Å². The number of hydrogen-bond acceptors (Lipinski definition) is 5. The van der Waals surface area contributed by atoms with Crippen LogP contribution in [-0.2, 0) is 11.2 Å². The van der Waals surface area contributed by atoms with Crippen molar-refractivity contribution in [2.75, 3.05) is 39.3 Å². The molecule has 8 heteroatoms. The third-order valence-electron chi connectivity index (χ3n) is 9.37. The number of aromatic nitrogens is 2. The van der Waals surface area contributed by atoms with Crippen LogP contribution in [0.25, 0.3) is 0 Å². The SMILES string of the molecule is CCOc1ccc(Cc2cc(C3CCN(C[C@H]4CN([C@@H](C(=O)O)[C@H](C)CC)C[C@@H]4c4cccc(F)c4)CC3)[nH]n2)cc1. The predicted octanol–water partition coefficient (Wildman–Crippen LogP) is 5.93. The van der Waals surface area contributed by atoms with E-state index in [4.69, 9.17) is 4.74 Å². The Kier molecular flexibility index (Phi) is 9.95. The highest BCUT2D eigenvalue weighted by molar-refractivity contribution is 5.74. The molecule has 0 spiro atoms. The third kappa shape index (κ3) is 7.21. The van der Waals surface area contributed by atoms with Crippen LogP contribution in [0.4, 0.5) is 4.39 Å². The van der Waals surface area contributed by atoms with Crippen molar-refractivity contribution in [3.8, 4) is 5.75 Å². The number of piperidine rings is 1. The van der Waals surface area contributed by atoms with E-state index in [-0.39, 0.29) is 23.6 Å². The smallest absolute Gasteiger partial charge is 0.321 e. The van der Waals surface area contributed by atoms with Crippen molar-refractivity contribution < 1.29 is 19.0 Å². The maximum absolute atomic E-state index is 14.2. The largest absolute Gasteiger partial charge is 0.494 e. The maximum atomic E-state index is 14.2. The van der Waals surface area contributed by atoms with Gasteiger partial charge in [-0.2, -0.15) is 5.10 Å². The highest BCUT2D eigenvalue weighted by atomic mass is 19.1. The molecule has 2 aliphatic heterocycles. The zero-order valence-corrected chi connectivity index (χ0v) is 25.1. The Morgan fingerprint density at radius 1 is 1.12 bits per heavy atom. The van der Waals surface area contributed by atoms with Gasteiger partial charge in [-0.3, -0.25) is 14.8 Å². The lowest BCUT2D eigenvalue weighted by Gasteiger charge is -2.34. The van der Waals surface area contributed by atoms with Gasteiger partial charge in [0.15, 0.2) is 0 Å². The zero-order chi connectivity index (χ0) is 29.6. The zero-order valence-electron chi connectivity index (χ0n) is 25.1. The Balaban J connectivity index is 1.20. The summed E-state index contributed by atoms with van der Waals surface area (Å²) in [4.78, 5) is 16.9. The molecule has 0 amide bonds. The van der Waals surface area contributed by atoms with Gasteiger partial charge in [0, 0.05) is 43.6 Å². The van der Waals surface area contributed by atoms with Crippen LogP contribution in [0.15, 0.2) is 54.6 Å². The average molecular weight is 577 g/mol. The minimum Gasteiger partial charge on any atom is -0.494 e. The van der Waals surface area contributed by atoms with E-state index in [1.807, 2.05) is 39.0 Å². The Bertz CT molecular complexity index is 1300. The number of carbonyl (C=O) groups is 1. The van der Waals surface area contributed by atoms with Crippen molar-refractivity contribution in [3.63, 3.8) is 0 Å². The predicted molar refractivity (Wildman–Crippen MR) is 163 cm³/mol. The standard InChI is InChI=1S/C34H45FN4O3/c1-4-23(3)33(34(40)41)39-21-27(31(22-39)26-7-6-8-28(35)18-26)20-38-15-13-25(14-16-38)32-19-29(36-37-32)17-24-9-11-30(12-10-24)42-5-2/h6-12,18-19,23,25,27,31,33H,4-5,13-17,20-22H2,1-3H3,(H,36,37)(H,40,41)/t23-,27+,31-,33-/m1/s1. The van der Waals surface area contributed by atoms with Gasteiger partial charge in [-0.1, -0.05) is 44.5 Å². The molecule has 2 aliphatic rings. The first kappa shape index (κ1) is 30.2. The molecule has 2 fully saturated rings. The summed E-state index contributed by atoms with van der Waals surface area (Å²) in [5.41, 5.74) is 4.44. The van der Waals surface area contributed by atoms with Crippen molar-refractivity contribution in [2.45, 2.75) is 64.3 Å². The van der Waals surface area contributed by atoms with Crippen LogP contribution in [0.2, 0.25) is 0 Å². The second-order valence-electron chi connectivity index (χ2n) is 12.2. The minimum absolute atomic E-state index is 0.0545. The number of likely N-dealkylation sites (tertiary alicyclic amines) is 2. The number of H-pyrrole nitrogens is 1. The van der Waals surface area contributed by atoms with Crippen LogP contribution < -0.4 is 4.74 Å². The number of carboxylic acids is 1. The van der Waals surface area contributed by atoms with Gasteiger partial charge in [0.25, 0.3) is 0 Å². The number of hydrogen-bond donors (Lipinski definition) is 2. The Labute approximate surface area is 249 Å². The van der Waals surface area contributed by atoms with Gasteiger partial charge in [0.1, 0.15) is 17.6 Å². The molecule has 7 nitrogen and oxygen atoms in total. The topological polar surface area (TPSA) is 81.7 Å². The molecule has 0 radical (unpaired) electrons. The van der Waals surface area contributed by atoms with Gasteiger partial charge in [0.2, 0.25) is 0 Å². The van der Waals surface area contributed by atoms with E-state index in [2.05, 4.69) is 38.2 Å². The van der Waals surface area contributed by atoms with Crippen molar-refractivity contribution in [2.24, 2.45) is 11.8 Å². The van der Waals surface area contributed by atoms with Crippen LogP contribution in [0.1, 0.15) is 74.4 Å². The summed E-state index contributed by atoms with van der Waals surface area (Å²) in [6, 6.07) is 16.8. The van der Waals surface area contributed by atoms with E-state index in [1.165, 1.54) is 17.3 Å². The highest BCUT2D eigenvalue weighted by Gasteiger charge is 2.42. The Morgan fingerprint density at radius 2 is 1.88 bits per heavy atom. The molecule has 0 bridgehead atoms. The van der Waals surface area contributed by atoms with Gasteiger partial charge in [-0.15, -0.1) is 0 Å². The van der Waals surface area contributed by atoms with Gasteiger partial charge in [0.05, 0.1) is 12.3 Å². The molecule has 226 valence electrons. The lowest BCUT2D eigenvalue weighted by atomic mass is 9.87. The lowest BCUT2D eigenvalue weighted by molar-refractivity contribution is -0.145. The molecule has 2 N–H and O–H groups in total. The van der Waals surface area contributed by atoms with Gasteiger partial charge < -0.3 is 14.7 Å². The Morgan fingerprint density at radius 3 is 2.55 bits per heavy atom. The number of nitrogens with zero attached hydrogens (tertiary/aromatic N) is 3. The molecule has 1 aromatic heterocycles. The summed E-state index contributed by atoms with van der Waals surface area (Å²) >= 11 is 0. The third-order valence-corrected chi connectivity index (χ3v) is 9.37. The first-order chi connectivity index (χ1) is 20.3. The van der Waals surface area contributed by atoms with Crippen molar-refractivity contribution in [1.82, 2.24) is 20.0 Å². The van der Waals surface area contributed by atoms with Crippen molar-refractivity contribution in [3.05, 3.63) is 82.9 Å². The number of ether oxygens (including phenoxy) is 1. The fourth-order valence-electron chi connectivity index (χ4n) is 6.93. The number of rotatable bonds is 12. The van der Waals surface area contributed by atoms with Gasteiger partial charge in [-0.25, -0.2) is 4.39 Å². The van der Waals surface area contributed by atoms with E-state index in [9.17, 15) is 14.3 Å². The van der Waals surface area contributed by atoms with Gasteiger partial charge >= 0.3 is 5.97 Å². The summed E-state index contributed by atoms with van der Waals surface area (Å²) in [6.45, 7) is 10.9. The molecule has 4 atom stereocenters. The van der Waals surface area contributed by atoms with Crippen LogP contribution in [0.3, 0.4) is 0 Å². The second kappa shape index (κ2) is 13.8. The molecule has 3 heterocycles. The normalized spacial score (nSPS) is 21.8. The summed E-state index contributed by atoms with van der Waals surface area (Å²) in [6.07, 6.45) is 3.70. The second-order valence-corrected chi connectivity index (χ2v) is 12.2. The summed E-state index contributed by atoms with van der Waals surface area (Å²) in [5.74, 6) is 0.765. The van der Waals surface area contributed by atoms with Crippen LogP contribution >= 0.6 is 0 Å². The lowest BCUT2D eigenvalue weighted by Crippen LogP contribution is -2.45. The highest BCUT2D eigenvalue weighted by Crippen LogP contribution is 2.37. The first-order valence-electron chi connectivity index (χ1n) is 15.5. The average Bonchev–Trinajstić information content (AvgIpc) is 3.62. The fraction of sp³-hybridized carbons (Fsp3) is 0.529. The number of nitrogens with one attached hydrogen (secondary N) is 1. The summed E-state index contributed by atoms with van der Waals surface area (Å²) in [7, 11) is 0. The van der Waals surface area contributed by atoms with E-state index in [0.717, 1.165) is 68.9 Å². The van der Waals surface area contributed by atoms with E-state index >= 15 is 0 Å². The first-order valence-corrected chi connectivity index (χ1v) is 15.5. The molecule has 0 saturated carbocycles. The monoisotopic (exact) mass is 576 g/mol. The molecule has 3 aromatic rings. The van der Waals surface area contributed by atoms with Crippen LogP contribution in [0.5, 0.6) is 5.75 Å². The van der Waals surface area contributed by atoms with E-state index < -0.39 is 12.0 Å². The molecule has 2 aromatic carbocycles. The molecule has 0 aliphatic carbocycles. The number of benzene rings is 2. The van der Waals surface area contributed by atoms with Crippen LogP contribution in [0, 0.1) is 17.7 Å². The van der Waals surface area contributed by atoms with Crippen molar-refractivity contribution in [1.29, 1.82) is 0 Å². The molecular formula is C34H45FN4O3. The molecule has 2 saturated heterocycles. The Hall–Kier alpha value is -3.23. The maximum Gasteiger partial charge on any atom is 0.321 e. The van der Waals surface area contributed by atoms with Crippen LogP contribution in [-0.4, -0.2) is 76.4 Å². The summed E-state index contributed by atoms with van der Waals surface area (Å²) in [5, 5.41) is 18.0. The number of carboxylic acid groups (broad SMARTS) is 1. The molecule has 5 rings (SSSR count). The molecular weight excluding hydrogens is 531 g/mol.